The lowest BCUT2D eigenvalue weighted by molar-refractivity contribution is 0.597. The summed E-state index contributed by atoms with van der Waals surface area (Å²) in [7, 11) is 0. The zero-order chi connectivity index (χ0) is 32.0. The number of hydrogen-bond donors (Lipinski definition) is 0. The zero-order valence-corrected chi connectivity index (χ0v) is 27.3. The molecule has 228 valence electrons. The highest BCUT2D eigenvalue weighted by molar-refractivity contribution is 5.85. The summed E-state index contributed by atoms with van der Waals surface area (Å²) in [6.45, 7) is 7.06. The first-order valence-corrected chi connectivity index (χ1v) is 16.7. The highest BCUT2D eigenvalue weighted by Gasteiger charge is 2.36. The topological polar surface area (TPSA) is 3.24 Å². The maximum Gasteiger partial charge on any atom is 0.0467 e. The molecular weight excluding hydrogens is 567 g/mol. The lowest BCUT2D eigenvalue weighted by Gasteiger charge is -2.34. The Bertz CT molecular complexity index is 2130. The molecule has 0 spiro atoms. The van der Waals surface area contributed by atoms with Crippen molar-refractivity contribution >= 4 is 11.4 Å². The molecule has 2 aliphatic rings. The van der Waals surface area contributed by atoms with Crippen LogP contribution in [0.25, 0.3) is 33.4 Å². The van der Waals surface area contributed by atoms with Crippen LogP contribution in [0.3, 0.4) is 0 Å². The molecule has 8 rings (SSSR count). The first-order valence-electron chi connectivity index (χ1n) is 16.7. The molecule has 0 heterocycles. The zero-order valence-electron chi connectivity index (χ0n) is 27.3. The Labute approximate surface area is 279 Å². The molecule has 0 aliphatic heterocycles. The fourth-order valence-electron chi connectivity index (χ4n) is 7.67. The summed E-state index contributed by atoms with van der Waals surface area (Å²) < 4.78 is 0. The number of nitrogens with zero attached hydrogens (tertiary/aromatic N) is 1. The molecule has 1 heteroatoms. The average Bonchev–Trinajstić information content (AvgIpc) is 3.36. The van der Waals surface area contributed by atoms with Gasteiger partial charge < -0.3 is 4.90 Å². The van der Waals surface area contributed by atoms with Crippen molar-refractivity contribution in [3.63, 3.8) is 0 Å². The van der Waals surface area contributed by atoms with Crippen LogP contribution in [-0.4, -0.2) is 0 Å². The molecule has 0 radical (unpaired) electrons. The van der Waals surface area contributed by atoms with E-state index in [1.807, 2.05) is 0 Å². The predicted molar refractivity (Wildman–Crippen MR) is 199 cm³/mol. The third-order valence-electron chi connectivity index (χ3n) is 10.3. The van der Waals surface area contributed by atoms with Crippen LogP contribution in [0.5, 0.6) is 0 Å². The number of anilines is 2. The van der Waals surface area contributed by atoms with E-state index in [1.165, 1.54) is 61.5 Å². The minimum absolute atomic E-state index is 0.0232. The molecular formula is C46H39N. The van der Waals surface area contributed by atoms with Crippen LogP contribution >= 0.6 is 0 Å². The third-order valence-corrected chi connectivity index (χ3v) is 10.3. The summed E-state index contributed by atoms with van der Waals surface area (Å²) in [6, 6.07) is 55.2. The summed E-state index contributed by atoms with van der Waals surface area (Å²) in [5.41, 5.74) is 15.2. The molecule has 1 atom stereocenters. The number of fused-ring (bicyclic) bond motifs is 3. The summed E-state index contributed by atoms with van der Waals surface area (Å²) in [6.07, 6.45) is 8.09. The molecule has 0 bridgehead atoms. The van der Waals surface area contributed by atoms with Gasteiger partial charge in [-0.2, -0.15) is 0 Å². The van der Waals surface area contributed by atoms with Crippen LogP contribution in [-0.2, 0) is 10.8 Å². The smallest absolute Gasteiger partial charge is 0.0467 e. The van der Waals surface area contributed by atoms with Crippen LogP contribution < -0.4 is 4.90 Å². The van der Waals surface area contributed by atoms with Crippen molar-refractivity contribution in [2.45, 2.75) is 38.0 Å². The van der Waals surface area contributed by atoms with Crippen LogP contribution in [0.15, 0.2) is 176 Å². The Morgan fingerprint density at radius 2 is 1.02 bits per heavy atom. The lowest BCUT2D eigenvalue weighted by Crippen LogP contribution is -2.25. The number of allylic oxidation sites excluding steroid dienone is 3. The Kier molecular flexibility index (Phi) is 7.07. The van der Waals surface area contributed by atoms with E-state index in [9.17, 15) is 0 Å². The number of benzene rings is 6. The third kappa shape index (κ3) is 5.04. The molecule has 0 saturated carbocycles. The number of hydrogen-bond acceptors (Lipinski definition) is 1. The van der Waals surface area contributed by atoms with Crippen molar-refractivity contribution in [3.8, 4) is 33.4 Å². The van der Waals surface area contributed by atoms with Gasteiger partial charge in [-0.25, -0.2) is 0 Å². The fraction of sp³-hybridized carbons (Fsp3) is 0.130. The van der Waals surface area contributed by atoms with Gasteiger partial charge in [0.1, 0.15) is 0 Å². The van der Waals surface area contributed by atoms with Crippen molar-refractivity contribution in [1.82, 2.24) is 0 Å². The Morgan fingerprint density at radius 3 is 1.70 bits per heavy atom. The second-order valence-corrected chi connectivity index (χ2v) is 13.6. The molecule has 0 amide bonds. The fourth-order valence-corrected chi connectivity index (χ4v) is 7.67. The Hall–Kier alpha value is -5.40. The van der Waals surface area contributed by atoms with E-state index >= 15 is 0 Å². The van der Waals surface area contributed by atoms with Gasteiger partial charge in [-0.05, 0) is 86.8 Å². The van der Waals surface area contributed by atoms with E-state index in [1.54, 1.807) is 0 Å². The monoisotopic (exact) mass is 605 g/mol. The second-order valence-electron chi connectivity index (χ2n) is 13.6. The van der Waals surface area contributed by atoms with Gasteiger partial charge in [0.25, 0.3) is 0 Å². The highest BCUT2D eigenvalue weighted by Crippen LogP contribution is 2.50. The van der Waals surface area contributed by atoms with Crippen molar-refractivity contribution in [1.29, 1.82) is 0 Å². The van der Waals surface area contributed by atoms with Crippen LogP contribution in [0.4, 0.5) is 11.4 Å². The molecule has 2 aliphatic carbocycles. The van der Waals surface area contributed by atoms with Gasteiger partial charge in [-0.3, -0.25) is 0 Å². The minimum atomic E-state index is -0.125. The highest BCUT2D eigenvalue weighted by atomic mass is 15.1. The Morgan fingerprint density at radius 1 is 0.468 bits per heavy atom. The molecule has 1 unspecified atom stereocenters. The lowest BCUT2D eigenvalue weighted by atomic mass is 9.74. The maximum atomic E-state index is 2.43. The second kappa shape index (κ2) is 11.4. The maximum absolute atomic E-state index is 2.43. The van der Waals surface area contributed by atoms with E-state index in [2.05, 4.69) is 196 Å². The molecule has 0 aromatic heterocycles. The van der Waals surface area contributed by atoms with Gasteiger partial charge in [0.15, 0.2) is 0 Å². The molecule has 0 saturated heterocycles. The number of rotatable bonds is 6. The van der Waals surface area contributed by atoms with Gasteiger partial charge in [-0.15, -0.1) is 0 Å². The first kappa shape index (κ1) is 29.0. The summed E-state index contributed by atoms with van der Waals surface area (Å²) >= 11 is 0. The van der Waals surface area contributed by atoms with E-state index < -0.39 is 0 Å². The van der Waals surface area contributed by atoms with Crippen molar-refractivity contribution in [2.75, 3.05) is 4.90 Å². The quantitative estimate of drug-likeness (QED) is 0.183. The van der Waals surface area contributed by atoms with Crippen LogP contribution in [0.1, 0.15) is 43.9 Å². The van der Waals surface area contributed by atoms with E-state index in [4.69, 9.17) is 0 Å². The molecule has 47 heavy (non-hydrogen) atoms. The van der Waals surface area contributed by atoms with Crippen LogP contribution in [0, 0.1) is 0 Å². The normalized spacial score (nSPS) is 17.5. The SMILES string of the molecule is CC1(c2ccccc2-c2ccccc2)C=CC(N(c2ccc(-c3ccccc3)cc2)c2ccc3c(c2)-c2ccccc2C3(C)C)=CC1. The standard InChI is InChI=1S/C46H39N/c1-45(2)42-20-12-11-19-40(42)41-32-38(26-27-43(41)45)47(36-24-22-34(23-25-36)33-14-6-4-7-15-33)37-28-30-46(3,31-29-37)44-21-13-10-18-39(44)35-16-8-5-9-17-35/h4-30,32H,31H2,1-3H3. The van der Waals surface area contributed by atoms with E-state index in [0.29, 0.717) is 0 Å². The van der Waals surface area contributed by atoms with Gasteiger partial charge in [0.05, 0.1) is 0 Å². The summed E-state index contributed by atoms with van der Waals surface area (Å²) in [5, 5.41) is 0. The van der Waals surface area contributed by atoms with Gasteiger partial charge >= 0.3 is 0 Å². The van der Waals surface area contributed by atoms with Gasteiger partial charge in [0, 0.05) is 27.9 Å². The predicted octanol–water partition coefficient (Wildman–Crippen LogP) is 12.3. The summed E-state index contributed by atoms with van der Waals surface area (Å²) in [4.78, 5) is 2.43. The van der Waals surface area contributed by atoms with Gasteiger partial charge in [0.2, 0.25) is 0 Å². The van der Waals surface area contributed by atoms with Crippen molar-refractivity contribution < 1.29 is 0 Å². The molecule has 6 aromatic carbocycles. The molecule has 6 aromatic rings. The average molecular weight is 606 g/mol. The summed E-state index contributed by atoms with van der Waals surface area (Å²) in [5.74, 6) is 0. The molecule has 1 nitrogen and oxygen atoms in total. The first-order chi connectivity index (χ1) is 22.9. The largest absolute Gasteiger partial charge is 0.311 e. The molecule has 0 fully saturated rings. The van der Waals surface area contributed by atoms with Crippen molar-refractivity contribution in [3.05, 3.63) is 192 Å². The van der Waals surface area contributed by atoms with E-state index in [-0.39, 0.29) is 10.8 Å². The van der Waals surface area contributed by atoms with E-state index in [0.717, 1.165) is 12.1 Å². The molecule has 0 N–H and O–H groups in total. The Balaban J connectivity index is 1.21. The van der Waals surface area contributed by atoms with Crippen LogP contribution in [0.2, 0.25) is 0 Å². The van der Waals surface area contributed by atoms with Gasteiger partial charge in [-0.1, -0.05) is 160 Å². The minimum Gasteiger partial charge on any atom is -0.311 e. The van der Waals surface area contributed by atoms with Crippen molar-refractivity contribution in [2.24, 2.45) is 0 Å².